The number of thiazole rings is 1. The molecular formula is C17H18N2OS. The van der Waals surface area contributed by atoms with Gasteiger partial charge in [-0.2, -0.15) is 0 Å². The van der Waals surface area contributed by atoms with Gasteiger partial charge in [-0.3, -0.25) is 0 Å². The lowest BCUT2D eigenvalue weighted by Gasteiger charge is -2.11. The maximum Gasteiger partial charge on any atom is 0.127 e. The minimum Gasteiger partial charge on any atom is -0.493 e. The molecule has 3 rings (SSSR count). The molecule has 0 radical (unpaired) electrons. The summed E-state index contributed by atoms with van der Waals surface area (Å²) in [6.07, 6.45) is 0.892. The van der Waals surface area contributed by atoms with Crippen LogP contribution in [0.3, 0.4) is 0 Å². The number of aromatic nitrogens is 1. The molecule has 0 atom stereocenters. The maximum atomic E-state index is 5.99. The summed E-state index contributed by atoms with van der Waals surface area (Å²) in [5.74, 6) is 0.921. The zero-order valence-electron chi connectivity index (χ0n) is 12.0. The largest absolute Gasteiger partial charge is 0.493 e. The molecule has 2 N–H and O–H groups in total. The summed E-state index contributed by atoms with van der Waals surface area (Å²) >= 11 is 1.69. The highest BCUT2D eigenvalue weighted by Crippen LogP contribution is 2.28. The third-order valence-corrected chi connectivity index (χ3v) is 4.62. The first-order valence-corrected chi connectivity index (χ1v) is 7.90. The van der Waals surface area contributed by atoms with E-state index in [1.54, 1.807) is 11.3 Å². The van der Waals surface area contributed by atoms with Crippen molar-refractivity contribution in [1.29, 1.82) is 0 Å². The molecule has 4 heteroatoms. The van der Waals surface area contributed by atoms with Gasteiger partial charge in [0.25, 0.3) is 0 Å². The van der Waals surface area contributed by atoms with Crippen molar-refractivity contribution >= 4 is 22.1 Å². The number of rotatable bonds is 5. The van der Waals surface area contributed by atoms with E-state index in [0.29, 0.717) is 13.2 Å². The van der Waals surface area contributed by atoms with Gasteiger partial charge < -0.3 is 10.5 Å². The van der Waals surface area contributed by atoms with E-state index in [1.165, 1.54) is 10.3 Å². The molecule has 3 aromatic rings. The Balaban J connectivity index is 1.80. The fourth-order valence-electron chi connectivity index (χ4n) is 2.46. The van der Waals surface area contributed by atoms with Gasteiger partial charge in [0.15, 0.2) is 0 Å². The van der Waals surface area contributed by atoms with E-state index in [1.807, 2.05) is 30.6 Å². The van der Waals surface area contributed by atoms with E-state index in [0.717, 1.165) is 28.8 Å². The van der Waals surface area contributed by atoms with Crippen LogP contribution >= 0.6 is 11.3 Å². The van der Waals surface area contributed by atoms with Crippen molar-refractivity contribution in [2.45, 2.75) is 19.9 Å². The van der Waals surface area contributed by atoms with Gasteiger partial charge in [0.05, 0.1) is 17.8 Å². The third-order valence-electron chi connectivity index (χ3n) is 3.63. The van der Waals surface area contributed by atoms with E-state index >= 15 is 0 Å². The smallest absolute Gasteiger partial charge is 0.127 e. The summed E-state index contributed by atoms with van der Waals surface area (Å²) in [6, 6.07) is 12.3. The number of fused-ring (bicyclic) bond motifs is 1. The highest BCUT2D eigenvalue weighted by molar-refractivity contribution is 7.09. The molecule has 2 aromatic carbocycles. The van der Waals surface area contributed by atoms with Gasteiger partial charge in [-0.25, -0.2) is 4.98 Å². The minimum atomic E-state index is 0.543. The van der Waals surface area contributed by atoms with Crippen LogP contribution in [0.25, 0.3) is 10.8 Å². The number of nitrogens with two attached hydrogens (primary N) is 1. The Bertz CT molecular complexity index is 751. The Labute approximate surface area is 128 Å². The lowest BCUT2D eigenvalue weighted by molar-refractivity contribution is 0.326. The average molecular weight is 298 g/mol. The molecule has 0 bridgehead atoms. The molecule has 0 saturated carbocycles. The van der Waals surface area contributed by atoms with Gasteiger partial charge >= 0.3 is 0 Å². The molecule has 3 nitrogen and oxygen atoms in total. The second-order valence-electron chi connectivity index (χ2n) is 4.93. The second-order valence-corrected chi connectivity index (χ2v) is 5.87. The lowest BCUT2D eigenvalue weighted by atomic mass is 10.0. The van der Waals surface area contributed by atoms with E-state index in [2.05, 4.69) is 23.2 Å². The van der Waals surface area contributed by atoms with Crippen LogP contribution in [0.1, 0.15) is 16.1 Å². The summed E-state index contributed by atoms with van der Waals surface area (Å²) in [5, 5.41) is 2.30. The summed E-state index contributed by atoms with van der Waals surface area (Å²) in [5.41, 5.74) is 9.94. The van der Waals surface area contributed by atoms with Crippen LogP contribution in [-0.2, 0) is 13.0 Å². The molecular weight excluding hydrogens is 280 g/mol. The molecule has 0 aliphatic rings. The quantitative estimate of drug-likeness (QED) is 0.781. The summed E-state index contributed by atoms with van der Waals surface area (Å²) < 4.78 is 5.99. The van der Waals surface area contributed by atoms with Crippen molar-refractivity contribution in [2.75, 3.05) is 6.61 Å². The van der Waals surface area contributed by atoms with Gasteiger partial charge in [0.1, 0.15) is 5.75 Å². The Hall–Kier alpha value is -1.91. The summed E-state index contributed by atoms with van der Waals surface area (Å²) in [6.45, 7) is 3.24. The number of hydrogen-bond acceptors (Lipinski definition) is 4. The molecule has 0 fully saturated rings. The van der Waals surface area contributed by atoms with Crippen molar-refractivity contribution in [1.82, 2.24) is 4.98 Å². The lowest BCUT2D eigenvalue weighted by Crippen LogP contribution is -2.03. The van der Waals surface area contributed by atoms with Gasteiger partial charge in [-0.05, 0) is 23.9 Å². The monoisotopic (exact) mass is 298 g/mol. The molecule has 0 aliphatic carbocycles. The Morgan fingerprint density at radius 2 is 1.95 bits per heavy atom. The topological polar surface area (TPSA) is 48.1 Å². The first kappa shape index (κ1) is 14.0. The number of nitrogens with zero attached hydrogens (tertiary/aromatic N) is 1. The number of aryl methyl sites for hydroxylation is 1. The van der Waals surface area contributed by atoms with Crippen molar-refractivity contribution < 1.29 is 4.74 Å². The van der Waals surface area contributed by atoms with Crippen molar-refractivity contribution in [3.05, 3.63) is 58.0 Å². The van der Waals surface area contributed by atoms with Crippen LogP contribution in [0.5, 0.6) is 5.75 Å². The van der Waals surface area contributed by atoms with E-state index in [-0.39, 0.29) is 0 Å². The zero-order valence-corrected chi connectivity index (χ0v) is 12.8. The van der Waals surface area contributed by atoms with Crippen LogP contribution in [-0.4, -0.2) is 11.6 Å². The second kappa shape index (κ2) is 6.24. The van der Waals surface area contributed by atoms with Gasteiger partial charge in [0.2, 0.25) is 0 Å². The standard InChI is InChI=1S/C17H18N2OS/c1-12-17(21-11-19-12)8-9-20-16-7-6-13(10-18)14-4-2-3-5-15(14)16/h2-7,11H,8-10,18H2,1H3. The van der Waals surface area contributed by atoms with Crippen molar-refractivity contribution in [2.24, 2.45) is 5.73 Å². The van der Waals surface area contributed by atoms with Crippen molar-refractivity contribution in [3.63, 3.8) is 0 Å². The summed E-state index contributed by atoms with van der Waals surface area (Å²) in [7, 11) is 0. The molecule has 0 saturated heterocycles. The molecule has 0 aliphatic heterocycles. The molecule has 0 unspecified atom stereocenters. The maximum absolute atomic E-state index is 5.99. The highest BCUT2D eigenvalue weighted by Gasteiger charge is 2.07. The molecule has 0 spiro atoms. The Morgan fingerprint density at radius 1 is 1.14 bits per heavy atom. The number of benzene rings is 2. The van der Waals surface area contributed by atoms with Gasteiger partial charge in [-0.15, -0.1) is 11.3 Å². The van der Waals surface area contributed by atoms with Crippen LogP contribution in [0.2, 0.25) is 0 Å². The summed E-state index contributed by atoms with van der Waals surface area (Å²) in [4.78, 5) is 5.55. The molecule has 108 valence electrons. The molecule has 21 heavy (non-hydrogen) atoms. The highest BCUT2D eigenvalue weighted by atomic mass is 32.1. The van der Waals surface area contributed by atoms with Gasteiger partial charge in [-0.1, -0.05) is 30.3 Å². The fourth-order valence-corrected chi connectivity index (χ4v) is 3.22. The Morgan fingerprint density at radius 3 is 2.67 bits per heavy atom. The molecule has 1 aromatic heterocycles. The van der Waals surface area contributed by atoms with Crippen LogP contribution in [0, 0.1) is 6.92 Å². The first-order valence-electron chi connectivity index (χ1n) is 7.02. The number of hydrogen-bond donors (Lipinski definition) is 1. The predicted octanol–water partition coefficient (Wildman–Crippen LogP) is 3.68. The SMILES string of the molecule is Cc1ncsc1CCOc1ccc(CN)c2ccccc12. The third kappa shape index (κ3) is 2.91. The first-order chi connectivity index (χ1) is 10.3. The normalized spacial score (nSPS) is 11.0. The van der Waals surface area contributed by atoms with Crippen LogP contribution < -0.4 is 10.5 Å². The average Bonchev–Trinajstić information content (AvgIpc) is 2.93. The predicted molar refractivity (Wildman–Crippen MR) is 87.9 cm³/mol. The number of ether oxygens (including phenoxy) is 1. The van der Waals surface area contributed by atoms with E-state index in [4.69, 9.17) is 10.5 Å². The Kier molecular flexibility index (Phi) is 4.18. The van der Waals surface area contributed by atoms with E-state index in [9.17, 15) is 0 Å². The van der Waals surface area contributed by atoms with Crippen LogP contribution in [0.15, 0.2) is 41.9 Å². The fraction of sp³-hybridized carbons (Fsp3) is 0.235. The van der Waals surface area contributed by atoms with Crippen LogP contribution in [0.4, 0.5) is 0 Å². The molecule has 0 amide bonds. The van der Waals surface area contributed by atoms with E-state index < -0.39 is 0 Å². The van der Waals surface area contributed by atoms with Crippen molar-refractivity contribution in [3.8, 4) is 5.75 Å². The molecule has 1 heterocycles. The zero-order chi connectivity index (χ0) is 14.7. The minimum absolute atomic E-state index is 0.543. The van der Waals surface area contributed by atoms with Gasteiger partial charge in [0, 0.05) is 23.2 Å².